The minimum atomic E-state index is -0.178. The molecule has 0 saturated heterocycles. The van der Waals surface area contributed by atoms with Crippen LogP contribution in [0.4, 0.5) is 4.39 Å². The molecule has 2 heteroatoms. The van der Waals surface area contributed by atoms with Gasteiger partial charge in [-0.25, -0.2) is 4.39 Å². The van der Waals surface area contributed by atoms with Crippen LogP contribution < -0.4 is 0 Å². The number of hydrogen-bond acceptors (Lipinski definition) is 0. The summed E-state index contributed by atoms with van der Waals surface area (Å²) < 4.78 is 14.6. The molecule has 0 spiro atoms. The number of aryl methyl sites for hydroxylation is 1. The van der Waals surface area contributed by atoms with Crippen molar-refractivity contribution >= 4 is 15.9 Å². The van der Waals surface area contributed by atoms with E-state index in [-0.39, 0.29) is 5.82 Å². The normalized spacial score (nSPS) is 10.3. The topological polar surface area (TPSA) is 0 Å². The maximum Gasteiger partial charge on any atom is 0.131 e. The largest absolute Gasteiger partial charge is 0.206 e. The van der Waals surface area contributed by atoms with Crippen LogP contribution in [0.15, 0.2) is 46.9 Å². The Hall–Kier alpha value is -1.15. The van der Waals surface area contributed by atoms with Crippen LogP contribution in [-0.4, -0.2) is 0 Å². The van der Waals surface area contributed by atoms with Gasteiger partial charge in [0.25, 0.3) is 0 Å². The fourth-order valence-corrected chi connectivity index (χ4v) is 2.08. The second-order valence-corrected chi connectivity index (χ2v) is 4.35. The van der Waals surface area contributed by atoms with Crippen molar-refractivity contribution in [2.75, 3.05) is 0 Å². The Kier molecular flexibility index (Phi) is 2.87. The summed E-state index contributed by atoms with van der Waals surface area (Å²) in [4.78, 5) is 0. The first kappa shape index (κ1) is 10.4. The van der Waals surface area contributed by atoms with Gasteiger partial charge >= 0.3 is 0 Å². The molecular weight excluding hydrogens is 255 g/mol. The molecule has 76 valence electrons. The lowest BCUT2D eigenvalue weighted by atomic mass is 10.0. The third-order valence-electron chi connectivity index (χ3n) is 2.35. The Labute approximate surface area is 96.9 Å². The van der Waals surface area contributed by atoms with E-state index < -0.39 is 0 Å². The monoisotopic (exact) mass is 264 g/mol. The quantitative estimate of drug-likeness (QED) is 0.708. The van der Waals surface area contributed by atoms with Gasteiger partial charge in [0, 0.05) is 10.0 Å². The number of benzene rings is 2. The molecule has 0 aliphatic heterocycles. The summed E-state index contributed by atoms with van der Waals surface area (Å²) in [6.07, 6.45) is 0. The molecule has 0 radical (unpaired) electrons. The summed E-state index contributed by atoms with van der Waals surface area (Å²) in [5.41, 5.74) is 2.66. The van der Waals surface area contributed by atoms with Crippen LogP contribution in [0.1, 0.15) is 5.56 Å². The molecule has 0 heterocycles. The molecule has 2 aromatic carbocycles. The highest BCUT2D eigenvalue weighted by Gasteiger charge is 2.06. The summed E-state index contributed by atoms with van der Waals surface area (Å²) in [6.45, 7) is 1.98. The molecule has 2 aromatic rings. The van der Waals surface area contributed by atoms with Crippen LogP contribution in [0.5, 0.6) is 0 Å². The van der Waals surface area contributed by atoms with Gasteiger partial charge in [-0.15, -0.1) is 0 Å². The first-order valence-corrected chi connectivity index (χ1v) is 5.49. The minimum Gasteiger partial charge on any atom is -0.206 e. The lowest BCUT2D eigenvalue weighted by molar-refractivity contribution is 0.631. The molecule has 0 saturated carbocycles. The molecule has 0 aliphatic carbocycles. The molecule has 0 aromatic heterocycles. The molecule has 0 nitrogen and oxygen atoms in total. The average molecular weight is 265 g/mol. The van der Waals surface area contributed by atoms with Crippen molar-refractivity contribution in [1.29, 1.82) is 0 Å². The van der Waals surface area contributed by atoms with E-state index in [1.807, 2.05) is 31.2 Å². The van der Waals surface area contributed by atoms with Crippen molar-refractivity contribution in [1.82, 2.24) is 0 Å². The Morgan fingerprint density at radius 3 is 2.40 bits per heavy atom. The molecule has 0 N–H and O–H groups in total. The zero-order valence-electron chi connectivity index (χ0n) is 8.30. The van der Waals surface area contributed by atoms with Crippen LogP contribution in [0.3, 0.4) is 0 Å². The third kappa shape index (κ3) is 2.10. The second-order valence-electron chi connectivity index (χ2n) is 3.44. The van der Waals surface area contributed by atoms with Crippen LogP contribution in [0.25, 0.3) is 11.1 Å². The molecule has 15 heavy (non-hydrogen) atoms. The maximum absolute atomic E-state index is 13.5. The first-order valence-electron chi connectivity index (χ1n) is 4.69. The highest BCUT2D eigenvalue weighted by molar-refractivity contribution is 9.10. The number of halogens is 2. The van der Waals surface area contributed by atoms with Crippen LogP contribution in [0, 0.1) is 12.7 Å². The van der Waals surface area contributed by atoms with E-state index in [0.717, 1.165) is 15.6 Å². The Morgan fingerprint density at radius 2 is 1.73 bits per heavy atom. The summed E-state index contributed by atoms with van der Waals surface area (Å²) in [7, 11) is 0. The predicted octanol–water partition coefficient (Wildman–Crippen LogP) is 4.56. The van der Waals surface area contributed by atoms with Gasteiger partial charge in [0.05, 0.1) is 0 Å². The van der Waals surface area contributed by atoms with E-state index in [4.69, 9.17) is 0 Å². The molecule has 0 unspecified atom stereocenters. The zero-order valence-corrected chi connectivity index (χ0v) is 9.88. The van der Waals surface area contributed by atoms with Crippen molar-refractivity contribution < 1.29 is 4.39 Å². The highest BCUT2D eigenvalue weighted by Crippen LogP contribution is 2.27. The van der Waals surface area contributed by atoms with Gasteiger partial charge < -0.3 is 0 Å². The molecule has 2 rings (SSSR count). The fourth-order valence-electron chi connectivity index (χ4n) is 1.61. The molecule has 0 amide bonds. The van der Waals surface area contributed by atoms with E-state index in [1.54, 1.807) is 12.1 Å². The van der Waals surface area contributed by atoms with E-state index in [1.165, 1.54) is 6.07 Å². The first-order chi connectivity index (χ1) is 7.18. The lowest BCUT2D eigenvalue weighted by Gasteiger charge is -2.07. The smallest absolute Gasteiger partial charge is 0.131 e. The van der Waals surface area contributed by atoms with Gasteiger partial charge in [-0.2, -0.15) is 0 Å². The van der Waals surface area contributed by atoms with Gasteiger partial charge in [0.15, 0.2) is 0 Å². The van der Waals surface area contributed by atoms with Gasteiger partial charge in [-0.3, -0.25) is 0 Å². The third-order valence-corrected chi connectivity index (χ3v) is 2.85. The van der Waals surface area contributed by atoms with E-state index >= 15 is 0 Å². The lowest BCUT2D eigenvalue weighted by Crippen LogP contribution is -1.87. The SMILES string of the molecule is Cc1cc(Br)ccc1-c1ccccc1F. The van der Waals surface area contributed by atoms with Crippen molar-refractivity contribution in [2.45, 2.75) is 6.92 Å². The van der Waals surface area contributed by atoms with Crippen molar-refractivity contribution in [3.05, 3.63) is 58.3 Å². The minimum absolute atomic E-state index is 0.178. The molecule has 0 fully saturated rings. The number of hydrogen-bond donors (Lipinski definition) is 0. The van der Waals surface area contributed by atoms with Crippen molar-refractivity contribution in [3.8, 4) is 11.1 Å². The average Bonchev–Trinajstić information content (AvgIpc) is 2.20. The van der Waals surface area contributed by atoms with Crippen LogP contribution >= 0.6 is 15.9 Å². The highest BCUT2D eigenvalue weighted by atomic mass is 79.9. The molecular formula is C13H10BrF. The van der Waals surface area contributed by atoms with E-state index in [0.29, 0.717) is 5.56 Å². The van der Waals surface area contributed by atoms with E-state index in [2.05, 4.69) is 15.9 Å². The van der Waals surface area contributed by atoms with Gasteiger partial charge in [-0.05, 0) is 36.2 Å². The van der Waals surface area contributed by atoms with Gasteiger partial charge in [0.2, 0.25) is 0 Å². The molecule has 0 bridgehead atoms. The maximum atomic E-state index is 13.5. The molecule has 0 atom stereocenters. The Bertz CT molecular complexity index is 492. The van der Waals surface area contributed by atoms with Crippen molar-refractivity contribution in [2.24, 2.45) is 0 Å². The van der Waals surface area contributed by atoms with Crippen molar-refractivity contribution in [3.63, 3.8) is 0 Å². The Morgan fingerprint density at radius 1 is 1.00 bits per heavy atom. The predicted molar refractivity (Wildman–Crippen MR) is 64.3 cm³/mol. The fraction of sp³-hybridized carbons (Fsp3) is 0.0769. The summed E-state index contributed by atoms with van der Waals surface area (Å²) in [6, 6.07) is 12.7. The summed E-state index contributed by atoms with van der Waals surface area (Å²) in [5, 5.41) is 0. The van der Waals surface area contributed by atoms with Crippen LogP contribution in [0.2, 0.25) is 0 Å². The summed E-state index contributed by atoms with van der Waals surface area (Å²) in [5.74, 6) is -0.178. The zero-order chi connectivity index (χ0) is 10.8. The standard InChI is InChI=1S/C13H10BrF/c1-9-8-10(14)6-7-11(9)12-4-2-3-5-13(12)15/h2-8H,1H3. The van der Waals surface area contributed by atoms with E-state index in [9.17, 15) is 4.39 Å². The number of rotatable bonds is 1. The van der Waals surface area contributed by atoms with Crippen LogP contribution in [-0.2, 0) is 0 Å². The summed E-state index contributed by atoms with van der Waals surface area (Å²) >= 11 is 3.39. The Balaban J connectivity index is 2.60. The van der Waals surface area contributed by atoms with Gasteiger partial charge in [0.1, 0.15) is 5.82 Å². The van der Waals surface area contributed by atoms with Gasteiger partial charge in [-0.1, -0.05) is 40.2 Å². The second kappa shape index (κ2) is 4.15. The molecule has 0 aliphatic rings.